The highest BCUT2D eigenvalue weighted by Gasteiger charge is 2.44. The molecule has 3 aliphatic rings. The van der Waals surface area contributed by atoms with E-state index in [1.54, 1.807) is 0 Å². The van der Waals surface area contributed by atoms with Crippen LogP contribution in [0.5, 0.6) is 0 Å². The summed E-state index contributed by atoms with van der Waals surface area (Å²) < 4.78 is 5.75. The van der Waals surface area contributed by atoms with Crippen LogP contribution in [0.1, 0.15) is 156 Å². The standard InChI is InChI=1S/C45H77N5O10S/c1-5-34(17-11-8-12-18-36(53)46-27-15-10-16-28-61-44-40(47-31(4)52)42(58)41(57)35(30-51)60-44)48-37(54)19-13-9-14-26-45(6-2,7-3)49-43(59)33-22-20-32(21-23-33)29-50-38(55)24-25-39(50)56/h24-25,32-35,40-42,44,51,57-58H,5-23,26-30H2,1-4H3,(H,46,53)(H,47,52)(H,48,54)(H,49,59)/t32?,33?,34?,35?,40?,41-,42?,44-/m0/s1. The molecule has 0 spiro atoms. The fourth-order valence-corrected chi connectivity index (χ4v) is 9.93. The molecule has 0 bridgehead atoms. The first-order valence-electron chi connectivity index (χ1n) is 23.2. The van der Waals surface area contributed by atoms with Gasteiger partial charge in [0.05, 0.1) is 12.6 Å². The Morgan fingerprint density at radius 3 is 2.11 bits per heavy atom. The minimum atomic E-state index is -1.29. The number of thioether (sulfide) groups is 1. The molecule has 4 unspecified atom stereocenters. The number of aliphatic hydroxyl groups excluding tert-OH is 3. The Morgan fingerprint density at radius 1 is 0.852 bits per heavy atom. The second-order valence-electron chi connectivity index (χ2n) is 17.4. The smallest absolute Gasteiger partial charge is 0.253 e. The molecule has 2 aliphatic heterocycles. The number of nitrogens with zero attached hydrogens (tertiary/aromatic N) is 1. The van der Waals surface area contributed by atoms with E-state index < -0.39 is 36.4 Å². The number of rotatable bonds is 29. The summed E-state index contributed by atoms with van der Waals surface area (Å²) in [6, 6.07) is -0.663. The quantitative estimate of drug-likeness (QED) is 0.0418. The lowest BCUT2D eigenvalue weighted by Crippen LogP contribution is -2.63. The molecular weight excluding hydrogens is 803 g/mol. The average Bonchev–Trinajstić information content (AvgIpc) is 3.56. The van der Waals surface area contributed by atoms with Crippen molar-refractivity contribution in [1.82, 2.24) is 26.2 Å². The minimum absolute atomic E-state index is 0.0355. The Morgan fingerprint density at radius 2 is 1.49 bits per heavy atom. The second-order valence-corrected chi connectivity index (χ2v) is 18.6. The SMILES string of the molecule is CCC(CCCCCC(=O)NCCCCCS[C@@H]1OC(CO)[C@H](O)C(O)C1NC(C)=O)NC(=O)CCCCCC(CC)(CC)NC(=O)C1CCC(CN2C(=O)C=CC2=O)CC1. The molecule has 16 heteroatoms. The number of aliphatic hydroxyl groups is 3. The maximum atomic E-state index is 13.4. The number of imide groups is 1. The normalized spacial score (nSPS) is 24.7. The molecule has 0 aromatic carbocycles. The van der Waals surface area contributed by atoms with E-state index >= 15 is 0 Å². The van der Waals surface area contributed by atoms with Crippen molar-refractivity contribution in [2.45, 2.75) is 197 Å². The molecule has 348 valence electrons. The van der Waals surface area contributed by atoms with Crippen LogP contribution in [0.15, 0.2) is 12.2 Å². The minimum Gasteiger partial charge on any atom is -0.394 e. The van der Waals surface area contributed by atoms with Gasteiger partial charge in [-0.2, -0.15) is 0 Å². The third-order valence-corrected chi connectivity index (χ3v) is 14.1. The van der Waals surface area contributed by atoms with Gasteiger partial charge in [0.25, 0.3) is 11.8 Å². The molecule has 1 aliphatic carbocycles. The van der Waals surface area contributed by atoms with Gasteiger partial charge in [-0.25, -0.2) is 0 Å². The van der Waals surface area contributed by atoms with Gasteiger partial charge >= 0.3 is 0 Å². The molecule has 7 N–H and O–H groups in total. The average molecular weight is 880 g/mol. The number of carbonyl (C=O) groups is 6. The van der Waals surface area contributed by atoms with Crippen molar-refractivity contribution in [2.75, 3.05) is 25.4 Å². The highest BCUT2D eigenvalue weighted by atomic mass is 32.2. The van der Waals surface area contributed by atoms with Crippen molar-refractivity contribution in [3.63, 3.8) is 0 Å². The number of ether oxygens (including phenoxy) is 1. The van der Waals surface area contributed by atoms with E-state index in [9.17, 15) is 44.1 Å². The first kappa shape index (κ1) is 52.3. The van der Waals surface area contributed by atoms with E-state index in [-0.39, 0.29) is 58.9 Å². The zero-order chi connectivity index (χ0) is 44.8. The molecule has 15 nitrogen and oxygen atoms in total. The van der Waals surface area contributed by atoms with Gasteiger partial charge in [0, 0.05) is 62.5 Å². The van der Waals surface area contributed by atoms with Gasteiger partial charge in [-0.05, 0) is 95.1 Å². The van der Waals surface area contributed by atoms with Crippen LogP contribution in [0.25, 0.3) is 0 Å². The van der Waals surface area contributed by atoms with Crippen LogP contribution in [0.4, 0.5) is 0 Å². The van der Waals surface area contributed by atoms with Gasteiger partial charge in [-0.3, -0.25) is 33.7 Å². The van der Waals surface area contributed by atoms with Crippen molar-refractivity contribution in [3.8, 4) is 0 Å². The number of carbonyl (C=O) groups excluding carboxylic acids is 6. The van der Waals surface area contributed by atoms with Gasteiger partial charge in [0.15, 0.2) is 0 Å². The Kier molecular flexibility index (Phi) is 23.9. The Balaban J connectivity index is 1.19. The number of amides is 6. The molecule has 6 atom stereocenters. The van der Waals surface area contributed by atoms with E-state index in [4.69, 9.17) is 4.74 Å². The monoisotopic (exact) mass is 880 g/mol. The molecule has 61 heavy (non-hydrogen) atoms. The zero-order valence-corrected chi connectivity index (χ0v) is 38.1. The van der Waals surface area contributed by atoms with Gasteiger partial charge in [0.2, 0.25) is 23.6 Å². The first-order chi connectivity index (χ1) is 29.3. The third-order valence-electron chi connectivity index (χ3n) is 12.9. The summed E-state index contributed by atoms with van der Waals surface area (Å²) in [4.78, 5) is 75.3. The third kappa shape index (κ3) is 17.9. The zero-order valence-electron chi connectivity index (χ0n) is 37.3. The van der Waals surface area contributed by atoms with Crippen LogP contribution >= 0.6 is 11.8 Å². The number of hydrogen-bond donors (Lipinski definition) is 7. The van der Waals surface area contributed by atoms with Crippen molar-refractivity contribution in [1.29, 1.82) is 0 Å². The van der Waals surface area contributed by atoms with Crippen LogP contribution in [0.3, 0.4) is 0 Å². The summed E-state index contributed by atoms with van der Waals surface area (Å²) in [6.07, 6.45) is 15.4. The van der Waals surface area contributed by atoms with E-state index in [0.717, 1.165) is 116 Å². The largest absolute Gasteiger partial charge is 0.394 e. The van der Waals surface area contributed by atoms with Gasteiger partial charge < -0.3 is 41.3 Å². The molecule has 1 saturated heterocycles. The maximum Gasteiger partial charge on any atom is 0.253 e. The fraction of sp³-hybridized carbons (Fsp3) is 0.822. The molecule has 3 rings (SSSR count). The van der Waals surface area contributed by atoms with Crippen LogP contribution in [0.2, 0.25) is 0 Å². The molecule has 0 aromatic heterocycles. The highest BCUT2D eigenvalue weighted by molar-refractivity contribution is 7.99. The van der Waals surface area contributed by atoms with Crippen LogP contribution in [-0.2, 0) is 33.5 Å². The summed E-state index contributed by atoms with van der Waals surface area (Å²) in [6.45, 7) is 8.24. The van der Waals surface area contributed by atoms with Crippen molar-refractivity contribution < 1.29 is 48.8 Å². The van der Waals surface area contributed by atoms with Gasteiger partial charge in [-0.1, -0.05) is 52.9 Å². The van der Waals surface area contributed by atoms with Crippen molar-refractivity contribution in [3.05, 3.63) is 12.2 Å². The van der Waals surface area contributed by atoms with Crippen LogP contribution < -0.4 is 21.3 Å². The lowest BCUT2D eigenvalue weighted by Gasteiger charge is -2.42. The number of nitrogens with one attached hydrogen (secondary N) is 4. The Labute approximate surface area is 368 Å². The lowest BCUT2D eigenvalue weighted by atomic mass is 9.80. The molecule has 2 heterocycles. The lowest BCUT2D eigenvalue weighted by molar-refractivity contribution is -0.173. The highest BCUT2D eigenvalue weighted by Crippen LogP contribution is 2.33. The van der Waals surface area contributed by atoms with E-state index in [2.05, 4.69) is 42.0 Å². The number of unbranched alkanes of at least 4 members (excludes halogenated alkanes) is 6. The molecular formula is C45H77N5O10S. The van der Waals surface area contributed by atoms with E-state index in [1.165, 1.54) is 35.7 Å². The molecule has 6 amide bonds. The predicted molar refractivity (Wildman–Crippen MR) is 236 cm³/mol. The second kappa shape index (κ2) is 27.9. The number of hydrogen-bond acceptors (Lipinski definition) is 11. The molecule has 0 aromatic rings. The Bertz CT molecular complexity index is 1400. The Hall–Kier alpha value is -3.05. The maximum absolute atomic E-state index is 13.4. The summed E-state index contributed by atoms with van der Waals surface area (Å²) in [5.74, 6) is 0.260. The van der Waals surface area contributed by atoms with Crippen molar-refractivity contribution in [2.24, 2.45) is 11.8 Å². The van der Waals surface area contributed by atoms with Crippen molar-refractivity contribution >= 4 is 47.2 Å². The molecule has 2 fully saturated rings. The van der Waals surface area contributed by atoms with E-state index in [1.807, 2.05) is 0 Å². The summed E-state index contributed by atoms with van der Waals surface area (Å²) in [5.41, 5.74) is -0.857. The van der Waals surface area contributed by atoms with Gasteiger partial charge in [0.1, 0.15) is 23.7 Å². The fourth-order valence-electron chi connectivity index (χ4n) is 8.67. The summed E-state index contributed by atoms with van der Waals surface area (Å²) >= 11 is 1.42. The molecule has 0 radical (unpaired) electrons. The summed E-state index contributed by atoms with van der Waals surface area (Å²) in [5, 5.41) is 42.3. The van der Waals surface area contributed by atoms with E-state index in [0.29, 0.717) is 31.7 Å². The summed E-state index contributed by atoms with van der Waals surface area (Å²) in [7, 11) is 0. The van der Waals surface area contributed by atoms with Crippen LogP contribution in [0, 0.1) is 11.8 Å². The molecule has 1 saturated carbocycles. The predicted octanol–water partition coefficient (Wildman–Crippen LogP) is 4.15. The van der Waals surface area contributed by atoms with Crippen LogP contribution in [-0.4, -0.2) is 122 Å². The topological polar surface area (TPSA) is 224 Å². The first-order valence-corrected chi connectivity index (χ1v) is 24.2. The van der Waals surface area contributed by atoms with Gasteiger partial charge in [-0.15, -0.1) is 11.8 Å².